The Labute approximate surface area is 158 Å². The first-order valence-corrected chi connectivity index (χ1v) is 8.22. The molecule has 9 heteroatoms. The van der Waals surface area contributed by atoms with Gasteiger partial charge in [-0.2, -0.15) is 0 Å². The first kappa shape index (κ1) is 20.6. The topological polar surface area (TPSA) is 67.4 Å². The molecular weight excluding hydrogens is 385 g/mol. The quantitative estimate of drug-likeness (QED) is 0.734. The molecule has 2 rings (SSSR count). The zero-order chi connectivity index (χ0) is 20.0. The fourth-order valence-corrected chi connectivity index (χ4v) is 2.42. The van der Waals surface area contributed by atoms with Gasteiger partial charge in [0.05, 0.1) is 11.4 Å². The van der Waals surface area contributed by atoms with E-state index >= 15 is 0 Å². The predicted octanol–water partition coefficient (Wildman–Crippen LogP) is 4.77. The standard InChI is InChI=1S/C18H16ClF3N2O3/c1-11(25)23-15-8-5-13(19)10-16(15)24-17(26)9-4-12-2-6-14(7-3-12)27-18(20,21)22/h2-3,5-8,10H,4,9H2,1H3,(H,23,25)(H,24,26). The zero-order valence-electron chi connectivity index (χ0n) is 14.2. The molecule has 2 N–H and O–H groups in total. The van der Waals surface area contributed by atoms with E-state index < -0.39 is 6.36 Å². The number of anilines is 2. The Morgan fingerprint density at radius 2 is 1.70 bits per heavy atom. The summed E-state index contributed by atoms with van der Waals surface area (Å²) in [6.45, 7) is 1.34. The third-order valence-electron chi connectivity index (χ3n) is 3.36. The van der Waals surface area contributed by atoms with Gasteiger partial charge in [-0.25, -0.2) is 0 Å². The van der Waals surface area contributed by atoms with Crippen LogP contribution >= 0.6 is 11.6 Å². The van der Waals surface area contributed by atoms with Crippen molar-refractivity contribution in [2.24, 2.45) is 0 Å². The number of carbonyl (C=O) groups excluding carboxylic acids is 2. The Morgan fingerprint density at radius 3 is 2.30 bits per heavy atom. The Balaban J connectivity index is 1.95. The van der Waals surface area contributed by atoms with Crippen molar-refractivity contribution in [1.29, 1.82) is 0 Å². The van der Waals surface area contributed by atoms with Crippen molar-refractivity contribution in [2.75, 3.05) is 10.6 Å². The minimum Gasteiger partial charge on any atom is -0.406 e. The van der Waals surface area contributed by atoms with Crippen molar-refractivity contribution in [2.45, 2.75) is 26.1 Å². The maximum absolute atomic E-state index is 12.1. The summed E-state index contributed by atoms with van der Waals surface area (Å²) >= 11 is 5.91. The van der Waals surface area contributed by atoms with Crippen molar-refractivity contribution in [1.82, 2.24) is 0 Å². The molecule has 0 heterocycles. The van der Waals surface area contributed by atoms with Crippen LogP contribution in [0.3, 0.4) is 0 Å². The van der Waals surface area contributed by atoms with Crippen LogP contribution in [-0.4, -0.2) is 18.2 Å². The van der Waals surface area contributed by atoms with Gasteiger partial charge in [-0.05, 0) is 42.3 Å². The minimum absolute atomic E-state index is 0.0888. The lowest BCUT2D eigenvalue weighted by Crippen LogP contribution is -2.17. The Morgan fingerprint density at radius 1 is 1.04 bits per heavy atom. The SMILES string of the molecule is CC(=O)Nc1ccc(Cl)cc1NC(=O)CCc1ccc(OC(F)(F)F)cc1. The van der Waals surface area contributed by atoms with Gasteiger partial charge in [0.25, 0.3) is 0 Å². The van der Waals surface area contributed by atoms with Gasteiger partial charge in [0.2, 0.25) is 11.8 Å². The highest BCUT2D eigenvalue weighted by molar-refractivity contribution is 6.31. The summed E-state index contributed by atoms with van der Waals surface area (Å²) in [5, 5.41) is 5.63. The summed E-state index contributed by atoms with van der Waals surface area (Å²) in [6.07, 6.45) is -4.34. The van der Waals surface area contributed by atoms with Crippen LogP contribution in [0.4, 0.5) is 24.5 Å². The molecule has 0 saturated carbocycles. The van der Waals surface area contributed by atoms with E-state index in [1.807, 2.05) is 0 Å². The fraction of sp³-hybridized carbons (Fsp3) is 0.222. The van der Waals surface area contributed by atoms with Gasteiger partial charge in [-0.1, -0.05) is 23.7 Å². The summed E-state index contributed by atoms with van der Waals surface area (Å²) in [5.41, 5.74) is 1.44. The molecule has 0 radical (unpaired) electrons. The summed E-state index contributed by atoms with van der Waals surface area (Å²) in [4.78, 5) is 23.4. The molecule has 0 atom stereocenters. The van der Waals surface area contributed by atoms with Crippen molar-refractivity contribution in [3.8, 4) is 5.75 Å². The first-order chi connectivity index (χ1) is 12.6. The molecule has 144 valence electrons. The van der Waals surface area contributed by atoms with Gasteiger partial charge in [-0.15, -0.1) is 13.2 Å². The second-order valence-electron chi connectivity index (χ2n) is 5.61. The lowest BCUT2D eigenvalue weighted by molar-refractivity contribution is -0.274. The molecule has 0 aliphatic carbocycles. The molecule has 2 aromatic rings. The molecule has 0 aliphatic heterocycles. The average molecular weight is 401 g/mol. The number of amides is 2. The number of aryl methyl sites for hydroxylation is 1. The van der Waals surface area contributed by atoms with E-state index in [4.69, 9.17) is 11.6 Å². The fourth-order valence-electron chi connectivity index (χ4n) is 2.25. The van der Waals surface area contributed by atoms with Crippen molar-refractivity contribution >= 4 is 34.8 Å². The van der Waals surface area contributed by atoms with Crippen LogP contribution < -0.4 is 15.4 Å². The molecule has 0 unspecified atom stereocenters. The zero-order valence-corrected chi connectivity index (χ0v) is 14.9. The summed E-state index contributed by atoms with van der Waals surface area (Å²) in [7, 11) is 0. The average Bonchev–Trinajstić information content (AvgIpc) is 2.55. The second kappa shape index (κ2) is 8.77. The van der Waals surface area contributed by atoms with Crippen LogP contribution in [-0.2, 0) is 16.0 Å². The van der Waals surface area contributed by atoms with E-state index in [2.05, 4.69) is 15.4 Å². The van der Waals surface area contributed by atoms with Crippen LogP contribution in [0.15, 0.2) is 42.5 Å². The second-order valence-corrected chi connectivity index (χ2v) is 6.05. The minimum atomic E-state index is -4.75. The lowest BCUT2D eigenvalue weighted by Gasteiger charge is -2.12. The van der Waals surface area contributed by atoms with E-state index in [0.29, 0.717) is 28.4 Å². The third-order valence-corrected chi connectivity index (χ3v) is 3.60. The highest BCUT2D eigenvalue weighted by atomic mass is 35.5. The number of alkyl halides is 3. The third kappa shape index (κ3) is 7.18. The first-order valence-electron chi connectivity index (χ1n) is 7.84. The highest BCUT2D eigenvalue weighted by Gasteiger charge is 2.30. The molecule has 5 nitrogen and oxygen atoms in total. The normalized spacial score (nSPS) is 11.0. The summed E-state index contributed by atoms with van der Waals surface area (Å²) < 4.78 is 40.2. The van der Waals surface area contributed by atoms with E-state index in [9.17, 15) is 22.8 Å². The largest absolute Gasteiger partial charge is 0.573 e. The molecule has 0 spiro atoms. The smallest absolute Gasteiger partial charge is 0.406 e. The highest BCUT2D eigenvalue weighted by Crippen LogP contribution is 2.26. The summed E-state index contributed by atoms with van der Waals surface area (Å²) in [5.74, 6) is -0.956. The molecule has 27 heavy (non-hydrogen) atoms. The molecule has 0 bridgehead atoms. The molecular formula is C18H16ClF3N2O3. The molecule has 0 aliphatic rings. The Hall–Kier alpha value is -2.74. The lowest BCUT2D eigenvalue weighted by atomic mass is 10.1. The van der Waals surface area contributed by atoms with Crippen molar-refractivity contribution in [3.63, 3.8) is 0 Å². The van der Waals surface area contributed by atoms with Gasteiger partial charge in [0.1, 0.15) is 5.75 Å². The van der Waals surface area contributed by atoms with E-state index in [0.717, 1.165) is 0 Å². The Bertz CT molecular complexity index is 824. The van der Waals surface area contributed by atoms with E-state index in [1.165, 1.54) is 37.3 Å². The van der Waals surface area contributed by atoms with Gasteiger partial charge < -0.3 is 15.4 Å². The monoisotopic (exact) mass is 400 g/mol. The van der Waals surface area contributed by atoms with Gasteiger partial charge in [0.15, 0.2) is 0 Å². The number of rotatable bonds is 6. The van der Waals surface area contributed by atoms with Crippen LogP contribution in [0, 0.1) is 0 Å². The van der Waals surface area contributed by atoms with Crippen LogP contribution in [0.5, 0.6) is 5.75 Å². The number of hydrogen-bond donors (Lipinski definition) is 2. The maximum Gasteiger partial charge on any atom is 0.573 e. The van der Waals surface area contributed by atoms with Crippen LogP contribution in [0.25, 0.3) is 0 Å². The number of halogens is 4. The Kier molecular flexibility index (Phi) is 6.68. The number of ether oxygens (including phenoxy) is 1. The number of carbonyl (C=O) groups is 2. The van der Waals surface area contributed by atoms with E-state index in [1.54, 1.807) is 12.1 Å². The van der Waals surface area contributed by atoms with Gasteiger partial charge >= 0.3 is 6.36 Å². The molecule has 0 fully saturated rings. The van der Waals surface area contributed by atoms with Gasteiger partial charge in [-0.3, -0.25) is 9.59 Å². The van der Waals surface area contributed by atoms with Crippen molar-refractivity contribution < 1.29 is 27.5 Å². The summed E-state index contributed by atoms with van der Waals surface area (Å²) in [6, 6.07) is 9.94. The molecule has 2 aromatic carbocycles. The number of benzene rings is 2. The number of hydrogen-bond acceptors (Lipinski definition) is 3. The van der Waals surface area contributed by atoms with Crippen LogP contribution in [0.1, 0.15) is 18.9 Å². The van der Waals surface area contributed by atoms with E-state index in [-0.39, 0.29) is 24.0 Å². The molecule has 2 amide bonds. The van der Waals surface area contributed by atoms with Crippen LogP contribution in [0.2, 0.25) is 5.02 Å². The van der Waals surface area contributed by atoms with Crippen molar-refractivity contribution in [3.05, 3.63) is 53.1 Å². The number of nitrogens with one attached hydrogen (secondary N) is 2. The molecule has 0 aromatic heterocycles. The molecule has 0 saturated heterocycles. The predicted molar refractivity (Wildman–Crippen MR) is 95.8 cm³/mol. The maximum atomic E-state index is 12.1. The van der Waals surface area contributed by atoms with Gasteiger partial charge in [0, 0.05) is 18.4 Å².